The van der Waals surface area contributed by atoms with E-state index < -0.39 is 0 Å². The zero-order chi connectivity index (χ0) is 23.2. The number of carbonyl (C=O) groups excluding carboxylic acids is 1. The number of aromatic nitrogens is 2. The van der Waals surface area contributed by atoms with E-state index in [1.165, 1.54) is 5.56 Å². The fourth-order valence-corrected chi connectivity index (χ4v) is 3.33. The van der Waals surface area contributed by atoms with Gasteiger partial charge in [0.1, 0.15) is 18.1 Å². The van der Waals surface area contributed by atoms with Gasteiger partial charge in [-0.25, -0.2) is 5.43 Å². The number of benzene rings is 3. The molecule has 0 atom stereocenters. The molecule has 0 saturated carbocycles. The van der Waals surface area contributed by atoms with Crippen LogP contribution in [-0.2, 0) is 6.61 Å². The van der Waals surface area contributed by atoms with Crippen LogP contribution in [0, 0.1) is 6.92 Å². The maximum absolute atomic E-state index is 12.5. The first kappa shape index (κ1) is 22.3. The fourth-order valence-electron chi connectivity index (χ4n) is 3.14. The fraction of sp³-hybridized carbons (Fsp3) is 0.115. The topological polar surface area (TPSA) is 79.4 Å². The molecular formula is C26H23ClN4O2. The van der Waals surface area contributed by atoms with Gasteiger partial charge in [0.2, 0.25) is 0 Å². The standard InChI is InChI=1S/C26H23ClN4O2/c1-17-7-9-19(10-8-17)18(2)28-31-26(32)25-15-24(29-30-25)20-11-13-22(14-12-20)33-16-21-5-3-4-6-23(21)27/h3-15H,16H2,1-2H3,(H,29,30)(H,31,32)/b28-18+. The van der Waals surface area contributed by atoms with Gasteiger partial charge >= 0.3 is 0 Å². The number of carbonyl (C=O) groups is 1. The minimum atomic E-state index is -0.361. The molecule has 1 aromatic heterocycles. The summed E-state index contributed by atoms with van der Waals surface area (Å²) in [6.45, 7) is 4.25. The first-order valence-electron chi connectivity index (χ1n) is 10.4. The van der Waals surface area contributed by atoms with Gasteiger partial charge in [-0.3, -0.25) is 9.89 Å². The maximum atomic E-state index is 12.5. The summed E-state index contributed by atoms with van der Waals surface area (Å²) in [6.07, 6.45) is 0. The third-order valence-electron chi connectivity index (χ3n) is 5.12. The number of nitrogens with one attached hydrogen (secondary N) is 2. The summed E-state index contributed by atoms with van der Waals surface area (Å²) in [5.41, 5.74) is 8.15. The van der Waals surface area contributed by atoms with Gasteiger partial charge in [-0.05, 0) is 55.8 Å². The van der Waals surface area contributed by atoms with Gasteiger partial charge in [0.25, 0.3) is 5.91 Å². The molecule has 7 heteroatoms. The zero-order valence-electron chi connectivity index (χ0n) is 18.3. The number of rotatable bonds is 7. The van der Waals surface area contributed by atoms with Crippen molar-refractivity contribution in [2.24, 2.45) is 5.10 Å². The van der Waals surface area contributed by atoms with E-state index in [1.54, 1.807) is 6.07 Å². The molecule has 1 amide bonds. The smallest absolute Gasteiger partial charge is 0.289 e. The molecule has 6 nitrogen and oxygen atoms in total. The SMILES string of the molecule is C/C(=N\NC(=O)c1cc(-c2ccc(OCc3ccccc3Cl)cc2)n[nH]1)c1ccc(C)cc1. The Morgan fingerprint density at radius 1 is 1.06 bits per heavy atom. The van der Waals surface area contributed by atoms with Crippen LogP contribution in [0.5, 0.6) is 5.75 Å². The molecule has 4 rings (SSSR count). The van der Waals surface area contributed by atoms with E-state index in [0.29, 0.717) is 28.8 Å². The third-order valence-corrected chi connectivity index (χ3v) is 5.49. The summed E-state index contributed by atoms with van der Waals surface area (Å²) in [7, 11) is 0. The minimum absolute atomic E-state index is 0.324. The van der Waals surface area contributed by atoms with Crippen LogP contribution in [0.15, 0.2) is 84.0 Å². The number of aromatic amines is 1. The van der Waals surface area contributed by atoms with Crippen molar-refractivity contribution in [2.45, 2.75) is 20.5 Å². The number of ether oxygens (including phenoxy) is 1. The van der Waals surface area contributed by atoms with Crippen LogP contribution >= 0.6 is 11.6 Å². The lowest BCUT2D eigenvalue weighted by molar-refractivity contribution is 0.0950. The molecule has 0 aliphatic carbocycles. The predicted molar refractivity (Wildman–Crippen MR) is 131 cm³/mol. The second-order valence-electron chi connectivity index (χ2n) is 7.58. The molecule has 4 aromatic rings. The molecule has 0 aliphatic rings. The second-order valence-corrected chi connectivity index (χ2v) is 7.98. The third kappa shape index (κ3) is 5.67. The summed E-state index contributed by atoms with van der Waals surface area (Å²) < 4.78 is 5.81. The first-order valence-corrected chi connectivity index (χ1v) is 10.8. The lowest BCUT2D eigenvalue weighted by Crippen LogP contribution is -2.19. The van der Waals surface area contributed by atoms with E-state index in [2.05, 4.69) is 20.7 Å². The van der Waals surface area contributed by atoms with Crippen molar-refractivity contribution in [3.05, 3.63) is 106 Å². The first-order chi connectivity index (χ1) is 16.0. The van der Waals surface area contributed by atoms with Crippen molar-refractivity contribution in [3.63, 3.8) is 0 Å². The summed E-state index contributed by atoms with van der Waals surface area (Å²) in [4.78, 5) is 12.5. The number of hydrogen-bond donors (Lipinski definition) is 2. The van der Waals surface area contributed by atoms with E-state index >= 15 is 0 Å². The quantitative estimate of drug-likeness (QED) is 0.272. The highest BCUT2D eigenvalue weighted by Crippen LogP contribution is 2.23. The van der Waals surface area contributed by atoms with Crippen LogP contribution in [0.3, 0.4) is 0 Å². The van der Waals surface area contributed by atoms with Crippen LogP contribution in [0.4, 0.5) is 0 Å². The number of nitrogens with zero attached hydrogens (tertiary/aromatic N) is 2. The van der Waals surface area contributed by atoms with Gasteiger partial charge in [-0.2, -0.15) is 10.2 Å². The second kappa shape index (κ2) is 10.1. The van der Waals surface area contributed by atoms with Crippen LogP contribution in [0.25, 0.3) is 11.3 Å². The highest BCUT2D eigenvalue weighted by Gasteiger charge is 2.11. The molecule has 0 aliphatic heterocycles. The van der Waals surface area contributed by atoms with Crippen molar-refractivity contribution in [2.75, 3.05) is 0 Å². The number of amides is 1. The normalized spacial score (nSPS) is 11.3. The molecule has 0 bridgehead atoms. The van der Waals surface area contributed by atoms with Gasteiger partial charge in [0.15, 0.2) is 0 Å². The average Bonchev–Trinajstić information content (AvgIpc) is 3.33. The Kier molecular flexibility index (Phi) is 6.86. The summed E-state index contributed by atoms with van der Waals surface area (Å²) in [5.74, 6) is 0.355. The molecule has 3 aromatic carbocycles. The predicted octanol–water partition coefficient (Wildman–Crippen LogP) is 5.77. The monoisotopic (exact) mass is 458 g/mol. The summed E-state index contributed by atoms with van der Waals surface area (Å²) in [5, 5.41) is 11.9. The van der Waals surface area contributed by atoms with Gasteiger partial charge < -0.3 is 4.74 Å². The van der Waals surface area contributed by atoms with Gasteiger partial charge in [0, 0.05) is 16.1 Å². The van der Waals surface area contributed by atoms with E-state index in [9.17, 15) is 4.79 Å². The Morgan fingerprint density at radius 2 is 1.79 bits per heavy atom. The van der Waals surface area contributed by atoms with E-state index in [-0.39, 0.29) is 5.91 Å². The average molecular weight is 459 g/mol. The minimum Gasteiger partial charge on any atom is -0.489 e. The van der Waals surface area contributed by atoms with E-state index in [1.807, 2.05) is 86.6 Å². The van der Waals surface area contributed by atoms with Crippen LogP contribution < -0.4 is 10.2 Å². The molecule has 0 fully saturated rings. The largest absolute Gasteiger partial charge is 0.489 e. The van der Waals surface area contributed by atoms with Crippen molar-refractivity contribution < 1.29 is 9.53 Å². The highest BCUT2D eigenvalue weighted by molar-refractivity contribution is 6.31. The van der Waals surface area contributed by atoms with Gasteiger partial charge in [0.05, 0.1) is 11.4 Å². The van der Waals surface area contributed by atoms with Crippen molar-refractivity contribution in [1.82, 2.24) is 15.6 Å². The van der Waals surface area contributed by atoms with Crippen molar-refractivity contribution >= 4 is 23.2 Å². The molecule has 33 heavy (non-hydrogen) atoms. The van der Waals surface area contributed by atoms with E-state index in [0.717, 1.165) is 22.4 Å². The Labute approximate surface area is 197 Å². The molecule has 0 saturated heterocycles. The van der Waals surface area contributed by atoms with E-state index in [4.69, 9.17) is 16.3 Å². The molecule has 0 unspecified atom stereocenters. The van der Waals surface area contributed by atoms with Crippen molar-refractivity contribution in [1.29, 1.82) is 0 Å². The molecular weight excluding hydrogens is 436 g/mol. The molecule has 2 N–H and O–H groups in total. The van der Waals surface area contributed by atoms with Crippen LogP contribution in [0.2, 0.25) is 5.02 Å². The number of H-pyrrole nitrogens is 1. The summed E-state index contributed by atoms with van der Waals surface area (Å²) in [6, 6.07) is 24.7. The Morgan fingerprint density at radius 3 is 2.52 bits per heavy atom. The van der Waals surface area contributed by atoms with Crippen LogP contribution in [0.1, 0.15) is 34.1 Å². The number of hydrazone groups is 1. The van der Waals surface area contributed by atoms with Crippen molar-refractivity contribution in [3.8, 4) is 17.0 Å². The maximum Gasteiger partial charge on any atom is 0.289 e. The van der Waals surface area contributed by atoms with Gasteiger partial charge in [-0.1, -0.05) is 59.6 Å². The molecule has 0 spiro atoms. The molecule has 166 valence electrons. The lowest BCUT2D eigenvalue weighted by atomic mass is 10.1. The lowest BCUT2D eigenvalue weighted by Gasteiger charge is -2.08. The number of aryl methyl sites for hydroxylation is 1. The molecule has 0 radical (unpaired) electrons. The Bertz CT molecular complexity index is 1280. The number of hydrogen-bond acceptors (Lipinski definition) is 4. The van der Waals surface area contributed by atoms with Crippen LogP contribution in [-0.4, -0.2) is 21.8 Å². The zero-order valence-corrected chi connectivity index (χ0v) is 19.1. The Balaban J connectivity index is 1.37. The van der Waals surface area contributed by atoms with Gasteiger partial charge in [-0.15, -0.1) is 0 Å². The molecule has 1 heterocycles. The number of halogens is 1. The highest BCUT2D eigenvalue weighted by atomic mass is 35.5. The Hall–Kier alpha value is -3.90. The summed E-state index contributed by atoms with van der Waals surface area (Å²) >= 11 is 6.17.